The van der Waals surface area contributed by atoms with Gasteiger partial charge in [-0.25, -0.2) is 9.11 Å². The van der Waals surface area contributed by atoms with Crippen molar-refractivity contribution in [3.63, 3.8) is 0 Å². The molecular formula is C12H19FN2O5S. The molecule has 6 unspecified atom stereocenters. The Morgan fingerprint density at radius 3 is 2.57 bits per heavy atom. The summed E-state index contributed by atoms with van der Waals surface area (Å²) in [5.41, 5.74) is 0. The van der Waals surface area contributed by atoms with Gasteiger partial charge in [0.2, 0.25) is 5.91 Å². The van der Waals surface area contributed by atoms with Crippen molar-refractivity contribution in [1.82, 2.24) is 9.03 Å². The Bertz CT molecular complexity index is 542. The second-order valence-corrected chi connectivity index (χ2v) is 7.83. The number of hydrogen-bond donors (Lipinski definition) is 3. The van der Waals surface area contributed by atoms with Crippen molar-refractivity contribution < 1.29 is 27.8 Å². The van der Waals surface area contributed by atoms with E-state index in [0.29, 0.717) is 19.3 Å². The van der Waals surface area contributed by atoms with Gasteiger partial charge in [-0.05, 0) is 37.5 Å². The molecule has 0 radical (unpaired) electrons. The van der Waals surface area contributed by atoms with Gasteiger partial charge < -0.3 is 10.2 Å². The highest BCUT2D eigenvalue weighted by molar-refractivity contribution is 7.88. The Hall–Kier alpha value is -0.770. The molecule has 9 heteroatoms. The number of aliphatic hydroxyl groups excluding tert-OH is 2. The Morgan fingerprint density at radius 1 is 1.24 bits per heavy atom. The van der Waals surface area contributed by atoms with Gasteiger partial charge in [-0.15, -0.1) is 0 Å². The van der Waals surface area contributed by atoms with E-state index in [2.05, 4.69) is 0 Å². The first-order valence-electron chi connectivity index (χ1n) is 7.12. The van der Waals surface area contributed by atoms with Gasteiger partial charge in [0.1, 0.15) is 6.17 Å². The molecule has 2 aliphatic carbocycles. The number of carbonyl (C=O) groups excluding carboxylic acids is 1. The topological polar surface area (TPSA) is 107 Å². The van der Waals surface area contributed by atoms with Gasteiger partial charge in [0.05, 0.1) is 24.8 Å². The van der Waals surface area contributed by atoms with Crippen molar-refractivity contribution in [2.45, 2.75) is 50.1 Å². The maximum absolute atomic E-state index is 14.8. The molecule has 2 saturated carbocycles. The van der Waals surface area contributed by atoms with Gasteiger partial charge in [-0.1, -0.05) is 0 Å². The number of nitrogens with one attached hydrogen (secondary N) is 1. The van der Waals surface area contributed by atoms with Crippen LogP contribution in [0, 0.1) is 11.8 Å². The lowest BCUT2D eigenvalue weighted by Gasteiger charge is -2.47. The predicted molar refractivity (Wildman–Crippen MR) is 69.9 cm³/mol. The van der Waals surface area contributed by atoms with Crippen LogP contribution in [0.5, 0.6) is 0 Å². The fourth-order valence-electron chi connectivity index (χ4n) is 3.92. The van der Waals surface area contributed by atoms with Gasteiger partial charge in [0, 0.05) is 0 Å². The number of aliphatic hydroxyl groups is 2. The number of carbonyl (C=O) groups is 1. The number of halogens is 1. The molecule has 0 spiro atoms. The predicted octanol–water partition coefficient (Wildman–Crippen LogP) is -1.09. The monoisotopic (exact) mass is 322 g/mol. The largest absolute Gasteiger partial charge is 0.393 e. The number of alkyl halides is 1. The van der Waals surface area contributed by atoms with Crippen LogP contribution in [0.1, 0.15) is 25.7 Å². The molecule has 0 bridgehead atoms. The lowest BCUT2D eigenvalue weighted by Crippen LogP contribution is -2.59. The van der Waals surface area contributed by atoms with Crippen LogP contribution in [-0.4, -0.2) is 59.8 Å². The molecular weight excluding hydrogens is 303 g/mol. The fourth-order valence-corrected chi connectivity index (χ4v) is 5.25. The molecule has 1 heterocycles. The molecule has 3 fully saturated rings. The Morgan fingerprint density at radius 2 is 1.95 bits per heavy atom. The van der Waals surface area contributed by atoms with Gasteiger partial charge in [-0.2, -0.15) is 12.7 Å². The third-order valence-electron chi connectivity index (χ3n) is 4.88. The van der Waals surface area contributed by atoms with Crippen molar-refractivity contribution in [2.75, 3.05) is 6.54 Å². The highest BCUT2D eigenvalue weighted by atomic mass is 32.2. The fraction of sp³-hybridized carbons (Fsp3) is 0.917. The number of hydrogen-bond acceptors (Lipinski definition) is 5. The summed E-state index contributed by atoms with van der Waals surface area (Å²) < 4.78 is 41.0. The molecule has 120 valence electrons. The molecule has 3 rings (SSSR count). The van der Waals surface area contributed by atoms with E-state index in [0.717, 1.165) is 4.31 Å². The highest BCUT2D eigenvalue weighted by Gasteiger charge is 2.53. The molecule has 7 nitrogen and oxygen atoms in total. The first kappa shape index (κ1) is 15.1. The summed E-state index contributed by atoms with van der Waals surface area (Å²) in [6, 6.07) is -1.26. The first-order valence-corrected chi connectivity index (χ1v) is 8.56. The van der Waals surface area contributed by atoms with E-state index in [1.807, 2.05) is 0 Å². The quantitative estimate of drug-likeness (QED) is 0.569. The zero-order chi connectivity index (χ0) is 15.4. The summed E-state index contributed by atoms with van der Waals surface area (Å²) in [6.07, 6.45) is -1.55. The number of amides is 1. The second kappa shape index (κ2) is 5.15. The van der Waals surface area contributed by atoms with Crippen LogP contribution in [-0.2, 0) is 15.0 Å². The smallest absolute Gasteiger partial charge is 0.304 e. The van der Waals surface area contributed by atoms with E-state index in [4.69, 9.17) is 0 Å². The average molecular weight is 322 g/mol. The summed E-state index contributed by atoms with van der Waals surface area (Å²) in [4.78, 5) is 11.3. The lowest BCUT2D eigenvalue weighted by molar-refractivity contribution is -0.120. The molecule has 0 aromatic heterocycles. The average Bonchev–Trinajstić information content (AvgIpc) is 2.64. The first-order chi connectivity index (χ1) is 9.79. The minimum Gasteiger partial charge on any atom is -0.393 e. The van der Waals surface area contributed by atoms with Crippen molar-refractivity contribution >= 4 is 16.1 Å². The van der Waals surface area contributed by atoms with E-state index < -0.39 is 53.0 Å². The van der Waals surface area contributed by atoms with Gasteiger partial charge in [0.25, 0.3) is 0 Å². The maximum Gasteiger partial charge on any atom is 0.304 e. The SMILES string of the molecule is O=C1CN(C2C(O)CC3CCC(O)CC3C2F)S(=O)(=O)N1. The van der Waals surface area contributed by atoms with Crippen LogP contribution in [0.2, 0.25) is 0 Å². The zero-order valence-electron chi connectivity index (χ0n) is 11.4. The molecule has 1 aliphatic heterocycles. The van der Waals surface area contributed by atoms with Crippen LogP contribution < -0.4 is 4.72 Å². The number of rotatable bonds is 1. The van der Waals surface area contributed by atoms with Gasteiger partial charge in [-0.3, -0.25) is 4.79 Å². The zero-order valence-corrected chi connectivity index (χ0v) is 12.2. The molecule has 1 amide bonds. The van der Waals surface area contributed by atoms with E-state index in [1.54, 1.807) is 4.72 Å². The third kappa shape index (κ3) is 2.56. The van der Waals surface area contributed by atoms with Gasteiger partial charge >= 0.3 is 10.2 Å². The summed E-state index contributed by atoms with van der Waals surface area (Å²) in [7, 11) is -4.08. The summed E-state index contributed by atoms with van der Waals surface area (Å²) in [5.74, 6) is -1.25. The molecule has 1 saturated heterocycles. The van der Waals surface area contributed by atoms with Gasteiger partial charge in [0.15, 0.2) is 0 Å². The summed E-state index contributed by atoms with van der Waals surface area (Å²) in [5, 5.41) is 19.9. The van der Waals surface area contributed by atoms with E-state index in [1.165, 1.54) is 0 Å². The minimum absolute atomic E-state index is 0.0522. The molecule has 0 aromatic carbocycles. The third-order valence-corrected chi connectivity index (χ3v) is 6.35. The maximum atomic E-state index is 14.8. The second-order valence-electron chi connectivity index (χ2n) is 6.20. The minimum atomic E-state index is -4.08. The molecule has 21 heavy (non-hydrogen) atoms. The standard InChI is InChI=1S/C12H19FN2O5S/c13-11-8-4-7(16)2-1-6(8)3-9(17)12(11)15-5-10(18)14-21(15,19)20/h6-9,11-12,16-17H,1-5H2,(H,14,18). The highest BCUT2D eigenvalue weighted by Crippen LogP contribution is 2.44. The molecule has 3 aliphatic rings. The summed E-state index contributed by atoms with van der Waals surface area (Å²) in [6.45, 7) is -0.468. The lowest BCUT2D eigenvalue weighted by atomic mass is 9.66. The van der Waals surface area contributed by atoms with Crippen LogP contribution in [0.3, 0.4) is 0 Å². The van der Waals surface area contributed by atoms with Crippen molar-refractivity contribution in [1.29, 1.82) is 0 Å². The van der Waals surface area contributed by atoms with Crippen LogP contribution in [0.25, 0.3) is 0 Å². The molecule has 6 atom stereocenters. The van der Waals surface area contributed by atoms with E-state index in [9.17, 15) is 27.8 Å². The number of fused-ring (bicyclic) bond motifs is 1. The Balaban J connectivity index is 1.87. The number of nitrogens with zero attached hydrogens (tertiary/aromatic N) is 1. The normalized spacial score (nSPS) is 46.9. The van der Waals surface area contributed by atoms with Crippen molar-refractivity contribution in [2.24, 2.45) is 11.8 Å². The van der Waals surface area contributed by atoms with Crippen LogP contribution in [0.4, 0.5) is 4.39 Å². The van der Waals surface area contributed by atoms with Crippen LogP contribution >= 0.6 is 0 Å². The van der Waals surface area contributed by atoms with E-state index in [-0.39, 0.29) is 12.3 Å². The summed E-state index contributed by atoms with van der Waals surface area (Å²) >= 11 is 0. The van der Waals surface area contributed by atoms with Crippen LogP contribution in [0.15, 0.2) is 0 Å². The van der Waals surface area contributed by atoms with Crippen molar-refractivity contribution in [3.05, 3.63) is 0 Å². The molecule has 3 N–H and O–H groups in total. The van der Waals surface area contributed by atoms with Crippen molar-refractivity contribution in [3.8, 4) is 0 Å². The van der Waals surface area contributed by atoms with E-state index >= 15 is 0 Å². The Kier molecular flexibility index (Phi) is 3.71. The molecule has 0 aromatic rings. The Labute approximate surface area is 122 Å².